The lowest BCUT2D eigenvalue weighted by molar-refractivity contribution is 0.459. The van der Waals surface area contributed by atoms with Crippen LogP contribution in [0.3, 0.4) is 0 Å². The smallest absolute Gasteiger partial charge is 0.259 e. The molecule has 0 aliphatic heterocycles. The molecule has 2 aromatic heterocycles. The minimum absolute atomic E-state index is 0.406. The molecule has 2 heterocycles. The van der Waals surface area contributed by atoms with Gasteiger partial charge in [0.25, 0.3) is 5.89 Å². The van der Waals surface area contributed by atoms with E-state index in [-0.39, 0.29) is 0 Å². The summed E-state index contributed by atoms with van der Waals surface area (Å²) in [6, 6.07) is 0.406. The number of hydrogen-bond donors (Lipinski definition) is 1. The van der Waals surface area contributed by atoms with Crippen molar-refractivity contribution in [3.05, 3.63) is 17.6 Å². The van der Waals surface area contributed by atoms with Gasteiger partial charge in [-0.25, -0.2) is 0 Å². The predicted octanol–water partition coefficient (Wildman–Crippen LogP) is 1.69. The third-order valence-corrected chi connectivity index (χ3v) is 2.53. The van der Waals surface area contributed by atoms with E-state index in [0.717, 1.165) is 4.88 Å². The SMILES string of the molecule is CC(C)NCc1nnc(-c2cncs2)o1. The van der Waals surface area contributed by atoms with Gasteiger partial charge in [0.15, 0.2) is 0 Å². The van der Waals surface area contributed by atoms with Crippen molar-refractivity contribution in [2.75, 3.05) is 0 Å². The van der Waals surface area contributed by atoms with Gasteiger partial charge in [-0.05, 0) is 0 Å². The molecule has 1 N–H and O–H groups in total. The van der Waals surface area contributed by atoms with Gasteiger partial charge in [-0.1, -0.05) is 13.8 Å². The highest BCUT2D eigenvalue weighted by Crippen LogP contribution is 2.21. The number of hydrogen-bond acceptors (Lipinski definition) is 6. The van der Waals surface area contributed by atoms with Crippen LogP contribution in [-0.2, 0) is 6.54 Å². The number of aromatic nitrogens is 3. The van der Waals surface area contributed by atoms with Crippen LogP contribution in [-0.4, -0.2) is 21.2 Å². The fourth-order valence-corrected chi connectivity index (χ4v) is 1.58. The maximum atomic E-state index is 5.46. The molecule has 0 atom stereocenters. The van der Waals surface area contributed by atoms with Crippen molar-refractivity contribution in [1.29, 1.82) is 0 Å². The average Bonchev–Trinajstić information content (AvgIpc) is 2.85. The van der Waals surface area contributed by atoms with Crippen LogP contribution >= 0.6 is 11.3 Å². The van der Waals surface area contributed by atoms with Crippen LogP contribution in [0.1, 0.15) is 19.7 Å². The highest BCUT2D eigenvalue weighted by Gasteiger charge is 2.09. The first-order valence-corrected chi connectivity index (χ1v) is 5.58. The largest absolute Gasteiger partial charge is 0.418 e. The Labute approximate surface area is 91.6 Å². The highest BCUT2D eigenvalue weighted by molar-refractivity contribution is 7.13. The van der Waals surface area contributed by atoms with E-state index in [2.05, 4.69) is 34.3 Å². The Kier molecular flexibility index (Phi) is 3.08. The van der Waals surface area contributed by atoms with Crippen molar-refractivity contribution in [2.45, 2.75) is 26.4 Å². The van der Waals surface area contributed by atoms with Crippen LogP contribution in [0.5, 0.6) is 0 Å². The molecule has 5 nitrogen and oxygen atoms in total. The fourth-order valence-electron chi connectivity index (χ4n) is 1.04. The van der Waals surface area contributed by atoms with Crippen LogP contribution in [0.25, 0.3) is 10.8 Å². The molecule has 6 heteroatoms. The Bertz CT molecular complexity index is 409. The molecule has 0 aromatic carbocycles. The van der Waals surface area contributed by atoms with E-state index in [0.29, 0.717) is 24.4 Å². The van der Waals surface area contributed by atoms with Crippen molar-refractivity contribution in [2.24, 2.45) is 0 Å². The van der Waals surface area contributed by atoms with E-state index in [1.807, 2.05) is 0 Å². The normalized spacial score (nSPS) is 11.1. The summed E-state index contributed by atoms with van der Waals surface area (Å²) in [7, 11) is 0. The summed E-state index contributed by atoms with van der Waals surface area (Å²) in [6.45, 7) is 4.74. The molecule has 15 heavy (non-hydrogen) atoms. The van der Waals surface area contributed by atoms with Crippen molar-refractivity contribution in [3.8, 4) is 10.8 Å². The van der Waals surface area contributed by atoms with Crippen LogP contribution < -0.4 is 5.32 Å². The predicted molar refractivity (Wildman–Crippen MR) is 57.4 cm³/mol. The molecule has 0 fully saturated rings. The Morgan fingerprint density at radius 2 is 2.33 bits per heavy atom. The average molecular weight is 224 g/mol. The first kappa shape index (κ1) is 10.3. The number of nitrogens with one attached hydrogen (secondary N) is 1. The molecule has 2 rings (SSSR count). The molecule has 0 saturated heterocycles. The minimum Gasteiger partial charge on any atom is -0.418 e. The minimum atomic E-state index is 0.406. The molecule has 0 aliphatic carbocycles. The monoisotopic (exact) mass is 224 g/mol. The molecule has 80 valence electrons. The van der Waals surface area contributed by atoms with Gasteiger partial charge in [-0.3, -0.25) is 4.98 Å². The van der Waals surface area contributed by atoms with Crippen molar-refractivity contribution < 1.29 is 4.42 Å². The van der Waals surface area contributed by atoms with E-state index in [4.69, 9.17) is 4.42 Å². The summed E-state index contributed by atoms with van der Waals surface area (Å²) < 4.78 is 5.46. The van der Waals surface area contributed by atoms with Gasteiger partial charge in [-0.2, -0.15) is 0 Å². The van der Waals surface area contributed by atoms with E-state index in [1.165, 1.54) is 11.3 Å². The second-order valence-electron chi connectivity index (χ2n) is 3.40. The topological polar surface area (TPSA) is 63.8 Å². The lowest BCUT2D eigenvalue weighted by atomic mass is 10.4. The first-order chi connectivity index (χ1) is 7.25. The van der Waals surface area contributed by atoms with Gasteiger partial charge in [0.2, 0.25) is 5.89 Å². The zero-order valence-electron chi connectivity index (χ0n) is 8.60. The third-order valence-electron chi connectivity index (χ3n) is 1.77. The molecular weight excluding hydrogens is 212 g/mol. The van der Waals surface area contributed by atoms with Crippen molar-refractivity contribution >= 4 is 11.3 Å². The van der Waals surface area contributed by atoms with Gasteiger partial charge < -0.3 is 9.73 Å². The van der Waals surface area contributed by atoms with Crippen LogP contribution in [0, 0.1) is 0 Å². The quantitative estimate of drug-likeness (QED) is 0.856. The standard InChI is InChI=1S/C9H12N4OS/c1-6(2)11-4-8-12-13-9(14-8)7-3-10-5-15-7/h3,5-6,11H,4H2,1-2H3. The third kappa shape index (κ3) is 2.60. The van der Waals surface area contributed by atoms with Gasteiger partial charge in [0.1, 0.15) is 4.88 Å². The van der Waals surface area contributed by atoms with E-state index in [9.17, 15) is 0 Å². The first-order valence-electron chi connectivity index (χ1n) is 4.70. The summed E-state index contributed by atoms with van der Waals surface area (Å²) in [5.41, 5.74) is 1.74. The van der Waals surface area contributed by atoms with Crippen LogP contribution in [0.2, 0.25) is 0 Å². The molecule has 0 unspecified atom stereocenters. The Balaban J connectivity index is 2.04. The lowest BCUT2D eigenvalue weighted by Crippen LogP contribution is -2.21. The number of nitrogens with zero attached hydrogens (tertiary/aromatic N) is 3. The molecule has 0 spiro atoms. The van der Waals surface area contributed by atoms with Gasteiger partial charge >= 0.3 is 0 Å². The molecule has 0 aliphatic rings. The maximum Gasteiger partial charge on any atom is 0.259 e. The number of thiazole rings is 1. The second-order valence-corrected chi connectivity index (χ2v) is 4.29. The van der Waals surface area contributed by atoms with Gasteiger partial charge in [-0.15, -0.1) is 21.5 Å². The van der Waals surface area contributed by atoms with Crippen LogP contribution in [0.4, 0.5) is 0 Å². The molecule has 2 aromatic rings. The Morgan fingerprint density at radius 1 is 1.47 bits per heavy atom. The summed E-state index contributed by atoms with van der Waals surface area (Å²) in [4.78, 5) is 4.86. The summed E-state index contributed by atoms with van der Waals surface area (Å²) in [5.74, 6) is 1.14. The fraction of sp³-hybridized carbons (Fsp3) is 0.444. The van der Waals surface area contributed by atoms with E-state index in [1.54, 1.807) is 11.7 Å². The maximum absolute atomic E-state index is 5.46. The van der Waals surface area contributed by atoms with E-state index >= 15 is 0 Å². The molecule has 0 bridgehead atoms. The Hall–Kier alpha value is -1.27. The van der Waals surface area contributed by atoms with Crippen LogP contribution in [0.15, 0.2) is 16.1 Å². The zero-order chi connectivity index (χ0) is 10.7. The molecule has 0 radical (unpaired) electrons. The van der Waals surface area contributed by atoms with Gasteiger partial charge in [0.05, 0.1) is 18.3 Å². The number of rotatable bonds is 4. The second kappa shape index (κ2) is 4.50. The van der Waals surface area contributed by atoms with Gasteiger partial charge in [0, 0.05) is 6.04 Å². The van der Waals surface area contributed by atoms with E-state index < -0.39 is 0 Å². The summed E-state index contributed by atoms with van der Waals surface area (Å²) in [5, 5.41) is 11.1. The molecule has 0 saturated carbocycles. The van der Waals surface area contributed by atoms with Crippen molar-refractivity contribution in [1.82, 2.24) is 20.5 Å². The molecule has 0 amide bonds. The Morgan fingerprint density at radius 3 is 3.00 bits per heavy atom. The van der Waals surface area contributed by atoms with Crippen molar-refractivity contribution in [3.63, 3.8) is 0 Å². The summed E-state index contributed by atoms with van der Waals surface area (Å²) >= 11 is 1.49. The summed E-state index contributed by atoms with van der Waals surface area (Å²) in [6.07, 6.45) is 1.72. The highest BCUT2D eigenvalue weighted by atomic mass is 32.1. The zero-order valence-corrected chi connectivity index (χ0v) is 9.41. The lowest BCUT2D eigenvalue weighted by Gasteiger charge is -2.03. The molecular formula is C9H12N4OS.